The molecule has 1 aliphatic heterocycles. The van der Waals surface area contributed by atoms with Crippen LogP contribution in [0.1, 0.15) is 32.1 Å². The Kier molecular flexibility index (Phi) is 3.54. The van der Waals surface area contributed by atoms with Crippen LogP contribution >= 0.6 is 0 Å². The SMILES string of the molecule is O=CCCN1CCOC2CCCCC21. The number of fused-ring (bicyclic) bond motifs is 1. The smallest absolute Gasteiger partial charge is 0.121 e. The van der Waals surface area contributed by atoms with Gasteiger partial charge in [0.15, 0.2) is 0 Å². The molecule has 3 heteroatoms. The molecule has 0 aromatic rings. The van der Waals surface area contributed by atoms with Crippen molar-refractivity contribution < 1.29 is 9.53 Å². The predicted octanol–water partition coefficient (Wildman–Crippen LogP) is 1.22. The van der Waals surface area contributed by atoms with E-state index in [1.165, 1.54) is 25.7 Å². The van der Waals surface area contributed by atoms with E-state index in [1.807, 2.05) is 0 Å². The Morgan fingerprint density at radius 1 is 1.36 bits per heavy atom. The van der Waals surface area contributed by atoms with Gasteiger partial charge in [0.05, 0.1) is 12.7 Å². The van der Waals surface area contributed by atoms with Crippen LogP contribution in [0.15, 0.2) is 0 Å². The molecule has 1 saturated carbocycles. The molecule has 0 radical (unpaired) electrons. The zero-order valence-corrected chi connectivity index (χ0v) is 8.65. The second kappa shape index (κ2) is 4.89. The molecule has 0 aromatic carbocycles. The third kappa shape index (κ3) is 2.15. The van der Waals surface area contributed by atoms with E-state index in [9.17, 15) is 4.79 Å². The van der Waals surface area contributed by atoms with Crippen molar-refractivity contribution in [3.63, 3.8) is 0 Å². The van der Waals surface area contributed by atoms with Gasteiger partial charge in [0, 0.05) is 25.6 Å². The van der Waals surface area contributed by atoms with E-state index in [2.05, 4.69) is 4.90 Å². The van der Waals surface area contributed by atoms with Crippen molar-refractivity contribution in [2.45, 2.75) is 44.2 Å². The van der Waals surface area contributed by atoms with Gasteiger partial charge in [-0.3, -0.25) is 4.90 Å². The van der Waals surface area contributed by atoms with Gasteiger partial charge in [-0.2, -0.15) is 0 Å². The molecular formula is C11H19NO2. The van der Waals surface area contributed by atoms with Crippen molar-refractivity contribution in [2.24, 2.45) is 0 Å². The Morgan fingerprint density at radius 3 is 3.07 bits per heavy atom. The summed E-state index contributed by atoms with van der Waals surface area (Å²) in [6, 6.07) is 0.595. The minimum Gasteiger partial charge on any atom is -0.375 e. The van der Waals surface area contributed by atoms with E-state index in [4.69, 9.17) is 4.74 Å². The first-order chi connectivity index (χ1) is 6.92. The van der Waals surface area contributed by atoms with E-state index < -0.39 is 0 Å². The van der Waals surface area contributed by atoms with Gasteiger partial charge in [-0.15, -0.1) is 0 Å². The van der Waals surface area contributed by atoms with Crippen molar-refractivity contribution in [3.05, 3.63) is 0 Å². The molecule has 2 fully saturated rings. The van der Waals surface area contributed by atoms with Gasteiger partial charge in [0.2, 0.25) is 0 Å². The zero-order chi connectivity index (χ0) is 9.80. The van der Waals surface area contributed by atoms with Gasteiger partial charge >= 0.3 is 0 Å². The molecule has 3 nitrogen and oxygen atoms in total. The van der Waals surface area contributed by atoms with Crippen molar-refractivity contribution >= 4 is 6.29 Å². The largest absolute Gasteiger partial charge is 0.375 e. The summed E-state index contributed by atoms with van der Waals surface area (Å²) in [5, 5.41) is 0. The summed E-state index contributed by atoms with van der Waals surface area (Å²) in [6.07, 6.45) is 7.23. The average molecular weight is 197 g/mol. The predicted molar refractivity (Wildman–Crippen MR) is 54.3 cm³/mol. The second-order valence-electron chi connectivity index (χ2n) is 4.25. The van der Waals surface area contributed by atoms with Gasteiger partial charge in [-0.05, 0) is 12.8 Å². The number of rotatable bonds is 3. The summed E-state index contributed by atoms with van der Waals surface area (Å²) < 4.78 is 5.76. The van der Waals surface area contributed by atoms with E-state index in [0.717, 1.165) is 26.0 Å². The van der Waals surface area contributed by atoms with Crippen molar-refractivity contribution in [1.82, 2.24) is 4.90 Å². The molecule has 2 unspecified atom stereocenters. The third-order valence-electron chi connectivity index (χ3n) is 3.38. The van der Waals surface area contributed by atoms with Crippen LogP contribution in [0.5, 0.6) is 0 Å². The summed E-state index contributed by atoms with van der Waals surface area (Å²) in [6.45, 7) is 2.78. The van der Waals surface area contributed by atoms with Crippen LogP contribution in [0.2, 0.25) is 0 Å². The van der Waals surface area contributed by atoms with Crippen LogP contribution in [-0.4, -0.2) is 43.0 Å². The van der Waals surface area contributed by atoms with E-state index in [1.54, 1.807) is 0 Å². The normalized spacial score (nSPS) is 33.7. The zero-order valence-electron chi connectivity index (χ0n) is 8.65. The molecule has 14 heavy (non-hydrogen) atoms. The number of aldehydes is 1. The van der Waals surface area contributed by atoms with Gasteiger partial charge in [-0.1, -0.05) is 12.8 Å². The maximum atomic E-state index is 10.3. The molecule has 0 bridgehead atoms. The van der Waals surface area contributed by atoms with Crippen LogP contribution in [0.4, 0.5) is 0 Å². The average Bonchev–Trinajstić information content (AvgIpc) is 2.26. The summed E-state index contributed by atoms with van der Waals surface area (Å²) in [5.74, 6) is 0. The van der Waals surface area contributed by atoms with Crippen molar-refractivity contribution in [1.29, 1.82) is 0 Å². The minimum absolute atomic E-state index is 0.448. The fourth-order valence-electron chi connectivity index (χ4n) is 2.67. The number of carbonyl (C=O) groups is 1. The number of morpholine rings is 1. The fraction of sp³-hybridized carbons (Fsp3) is 0.909. The molecule has 1 saturated heterocycles. The third-order valence-corrected chi connectivity index (χ3v) is 3.38. The molecule has 2 atom stereocenters. The van der Waals surface area contributed by atoms with Crippen LogP contribution in [0, 0.1) is 0 Å². The molecule has 0 aromatic heterocycles. The quantitative estimate of drug-likeness (QED) is 0.637. The molecule has 1 aliphatic carbocycles. The Labute approximate surface area is 85.4 Å². The van der Waals surface area contributed by atoms with Crippen molar-refractivity contribution in [2.75, 3.05) is 19.7 Å². The highest BCUT2D eigenvalue weighted by molar-refractivity contribution is 5.49. The monoisotopic (exact) mass is 197 g/mol. The van der Waals surface area contributed by atoms with Gasteiger partial charge in [0.1, 0.15) is 6.29 Å². The lowest BCUT2D eigenvalue weighted by atomic mass is 9.90. The lowest BCUT2D eigenvalue weighted by Crippen LogP contribution is -2.52. The van der Waals surface area contributed by atoms with Gasteiger partial charge in [0.25, 0.3) is 0 Å². The number of hydrogen-bond donors (Lipinski definition) is 0. The first kappa shape index (κ1) is 10.1. The van der Waals surface area contributed by atoms with Crippen molar-refractivity contribution in [3.8, 4) is 0 Å². The molecule has 1 heterocycles. The topological polar surface area (TPSA) is 29.5 Å². The molecule has 0 amide bonds. The second-order valence-corrected chi connectivity index (χ2v) is 4.25. The van der Waals surface area contributed by atoms with Crippen LogP contribution in [-0.2, 0) is 9.53 Å². The molecular weight excluding hydrogens is 178 g/mol. The van der Waals surface area contributed by atoms with E-state index in [-0.39, 0.29) is 0 Å². The summed E-state index contributed by atoms with van der Waals surface area (Å²) in [4.78, 5) is 12.8. The summed E-state index contributed by atoms with van der Waals surface area (Å²) in [5.41, 5.74) is 0. The summed E-state index contributed by atoms with van der Waals surface area (Å²) >= 11 is 0. The number of carbonyl (C=O) groups excluding carboxylic acids is 1. The number of hydrogen-bond acceptors (Lipinski definition) is 3. The van der Waals surface area contributed by atoms with E-state index in [0.29, 0.717) is 18.6 Å². The molecule has 2 rings (SSSR count). The van der Waals surface area contributed by atoms with Crippen LogP contribution in [0.3, 0.4) is 0 Å². The molecule has 0 spiro atoms. The van der Waals surface area contributed by atoms with E-state index >= 15 is 0 Å². The lowest BCUT2D eigenvalue weighted by Gasteiger charge is -2.43. The highest BCUT2D eigenvalue weighted by atomic mass is 16.5. The maximum absolute atomic E-state index is 10.3. The Bertz CT molecular complexity index is 194. The first-order valence-electron chi connectivity index (χ1n) is 5.71. The van der Waals surface area contributed by atoms with Gasteiger partial charge < -0.3 is 9.53 Å². The molecule has 2 aliphatic rings. The minimum atomic E-state index is 0.448. The highest BCUT2D eigenvalue weighted by Gasteiger charge is 2.33. The number of nitrogens with zero attached hydrogens (tertiary/aromatic N) is 1. The summed E-state index contributed by atoms with van der Waals surface area (Å²) in [7, 11) is 0. The highest BCUT2D eigenvalue weighted by Crippen LogP contribution is 2.28. The molecule has 80 valence electrons. The maximum Gasteiger partial charge on any atom is 0.121 e. The Balaban J connectivity index is 1.90. The Hall–Kier alpha value is -0.410. The Morgan fingerprint density at radius 2 is 2.21 bits per heavy atom. The first-order valence-corrected chi connectivity index (χ1v) is 5.71. The van der Waals surface area contributed by atoms with Crippen LogP contribution in [0.25, 0.3) is 0 Å². The lowest BCUT2D eigenvalue weighted by molar-refractivity contribution is -0.111. The fourth-order valence-corrected chi connectivity index (χ4v) is 2.67. The molecule has 0 N–H and O–H groups in total. The van der Waals surface area contributed by atoms with Crippen LogP contribution < -0.4 is 0 Å². The standard InChI is InChI=1S/C11H19NO2/c13-8-3-6-12-7-9-14-11-5-2-1-4-10(11)12/h8,10-11H,1-7,9H2. The van der Waals surface area contributed by atoms with Gasteiger partial charge in [-0.25, -0.2) is 0 Å². The number of ether oxygens (including phenoxy) is 1.